The molecule has 1 unspecified atom stereocenters. The third-order valence-electron chi connectivity index (χ3n) is 3.93. The normalized spacial score (nSPS) is 17.2. The minimum Gasteiger partial charge on any atom is -0.426 e. The molecule has 1 aliphatic rings. The van der Waals surface area contributed by atoms with Crippen LogP contribution in [0.5, 0.6) is 0 Å². The van der Waals surface area contributed by atoms with Crippen LogP contribution >= 0.6 is 0 Å². The van der Waals surface area contributed by atoms with E-state index in [1.54, 1.807) is 18.2 Å². The molecule has 1 saturated heterocycles. The van der Waals surface area contributed by atoms with Gasteiger partial charge in [-0.05, 0) is 37.6 Å². The summed E-state index contributed by atoms with van der Waals surface area (Å²) in [6.07, 6.45) is 1.29. The first-order valence-electron chi connectivity index (χ1n) is 7.70. The lowest BCUT2D eigenvalue weighted by atomic mass is 9.78. The zero-order valence-corrected chi connectivity index (χ0v) is 13.2. The molecule has 7 nitrogen and oxygen atoms in total. The summed E-state index contributed by atoms with van der Waals surface area (Å²) in [5, 5.41) is 24.2. The maximum absolute atomic E-state index is 12.1. The topological polar surface area (TPSA) is 102 Å². The number of amides is 2. The van der Waals surface area contributed by atoms with Gasteiger partial charge in [0.25, 0.3) is 5.91 Å². The second-order valence-electron chi connectivity index (χ2n) is 5.62. The summed E-state index contributed by atoms with van der Waals surface area (Å²) < 4.78 is 0. The summed E-state index contributed by atoms with van der Waals surface area (Å²) in [4.78, 5) is 25.7. The highest BCUT2D eigenvalue weighted by Crippen LogP contribution is 2.17. The second kappa shape index (κ2) is 8.10. The Hall–Kier alpha value is -1.90. The molecule has 1 aliphatic heterocycles. The number of nitrogens with one attached hydrogen (secondary N) is 2. The lowest BCUT2D eigenvalue weighted by Gasteiger charge is -2.24. The Morgan fingerprint density at radius 1 is 1.39 bits per heavy atom. The summed E-state index contributed by atoms with van der Waals surface area (Å²) in [6, 6.07) is 7.17. The van der Waals surface area contributed by atoms with Gasteiger partial charge in [0.1, 0.15) is 0 Å². The van der Waals surface area contributed by atoms with Gasteiger partial charge >= 0.3 is 7.12 Å². The van der Waals surface area contributed by atoms with Crippen LogP contribution in [0.25, 0.3) is 0 Å². The molecule has 1 aromatic carbocycles. The van der Waals surface area contributed by atoms with Crippen LogP contribution in [-0.4, -0.2) is 60.0 Å². The number of rotatable bonds is 6. The van der Waals surface area contributed by atoms with Crippen molar-refractivity contribution in [2.45, 2.75) is 25.3 Å². The number of hydrogen-bond donors (Lipinski definition) is 4. The van der Waals surface area contributed by atoms with Crippen molar-refractivity contribution in [3.63, 3.8) is 0 Å². The van der Waals surface area contributed by atoms with Crippen LogP contribution in [0.4, 0.5) is 0 Å². The van der Waals surface area contributed by atoms with Gasteiger partial charge < -0.3 is 25.6 Å². The van der Waals surface area contributed by atoms with E-state index < -0.39 is 13.1 Å². The first-order valence-corrected chi connectivity index (χ1v) is 7.70. The predicted octanol–water partition coefficient (Wildman–Crippen LogP) is -0.861. The highest BCUT2D eigenvalue weighted by atomic mass is 16.4. The van der Waals surface area contributed by atoms with Gasteiger partial charge in [-0.3, -0.25) is 9.59 Å². The molecule has 2 rings (SSSR count). The highest BCUT2D eigenvalue weighted by Gasteiger charge is 2.36. The monoisotopic (exact) mass is 319 g/mol. The Balaban J connectivity index is 1.91. The molecule has 0 bridgehead atoms. The number of hydrogen-bond acceptors (Lipinski definition) is 5. The van der Waals surface area contributed by atoms with Crippen LogP contribution in [0.2, 0.25) is 0 Å². The minimum absolute atomic E-state index is 0.154. The standard InChI is InChI=1S/C15H22BN3O4/c1-17-9-11-4-2-5-12(8-11)15(21)18-10-14(20)19-7-3-6-13(19)16(22)23/h2,4-5,8,13,17,22-23H,3,6-7,9-10H2,1H3,(H,18,21). The second-order valence-corrected chi connectivity index (χ2v) is 5.62. The van der Waals surface area contributed by atoms with E-state index in [0.717, 1.165) is 12.0 Å². The smallest absolute Gasteiger partial charge is 0.426 e. The molecule has 8 heteroatoms. The van der Waals surface area contributed by atoms with Crippen LogP contribution in [0, 0.1) is 0 Å². The SMILES string of the molecule is CNCc1cccc(C(=O)NCC(=O)N2CCCC2B(O)O)c1. The molecule has 23 heavy (non-hydrogen) atoms. The Kier molecular flexibility index (Phi) is 6.15. The molecule has 0 spiro atoms. The molecule has 4 N–H and O–H groups in total. The molecule has 1 fully saturated rings. The van der Waals surface area contributed by atoms with Crippen LogP contribution in [0.15, 0.2) is 24.3 Å². The molecule has 2 amide bonds. The lowest BCUT2D eigenvalue weighted by Crippen LogP contribution is -2.48. The first kappa shape index (κ1) is 17.5. The van der Waals surface area contributed by atoms with Crippen LogP contribution in [0.1, 0.15) is 28.8 Å². The molecule has 0 aromatic heterocycles. The fourth-order valence-electron chi connectivity index (χ4n) is 2.80. The number of benzene rings is 1. The van der Waals surface area contributed by atoms with E-state index in [0.29, 0.717) is 25.1 Å². The number of carbonyl (C=O) groups is 2. The fourth-order valence-corrected chi connectivity index (χ4v) is 2.80. The molecule has 0 aliphatic carbocycles. The fraction of sp³-hybridized carbons (Fsp3) is 0.467. The van der Waals surface area contributed by atoms with Crippen molar-refractivity contribution in [3.05, 3.63) is 35.4 Å². The minimum atomic E-state index is -1.55. The van der Waals surface area contributed by atoms with E-state index in [2.05, 4.69) is 10.6 Å². The molecule has 1 atom stereocenters. The van der Waals surface area contributed by atoms with Crippen molar-refractivity contribution in [1.29, 1.82) is 0 Å². The quantitative estimate of drug-likeness (QED) is 0.511. The predicted molar refractivity (Wildman–Crippen MR) is 86.5 cm³/mol. The summed E-state index contributed by atoms with van der Waals surface area (Å²) in [7, 11) is 0.281. The van der Waals surface area contributed by atoms with Crippen molar-refractivity contribution in [3.8, 4) is 0 Å². The van der Waals surface area contributed by atoms with Crippen LogP contribution in [0.3, 0.4) is 0 Å². The maximum Gasteiger partial charge on any atom is 0.475 e. The third-order valence-corrected chi connectivity index (χ3v) is 3.93. The van der Waals surface area contributed by atoms with Gasteiger partial charge in [-0.15, -0.1) is 0 Å². The molecule has 1 heterocycles. The molecule has 0 saturated carbocycles. The summed E-state index contributed by atoms with van der Waals surface area (Å²) in [6.45, 7) is 0.983. The Bertz CT molecular complexity index is 567. The van der Waals surface area contributed by atoms with E-state index in [-0.39, 0.29) is 18.4 Å². The lowest BCUT2D eigenvalue weighted by molar-refractivity contribution is -0.130. The van der Waals surface area contributed by atoms with Gasteiger partial charge in [-0.2, -0.15) is 0 Å². The zero-order valence-electron chi connectivity index (χ0n) is 13.2. The average molecular weight is 319 g/mol. The van der Waals surface area contributed by atoms with Crippen molar-refractivity contribution < 1.29 is 19.6 Å². The Labute approximate surface area is 135 Å². The van der Waals surface area contributed by atoms with Crippen LogP contribution in [-0.2, 0) is 11.3 Å². The van der Waals surface area contributed by atoms with Crippen molar-refractivity contribution >= 4 is 18.9 Å². The molecular formula is C15H22BN3O4. The largest absolute Gasteiger partial charge is 0.475 e. The molecular weight excluding hydrogens is 297 g/mol. The number of nitrogens with zero attached hydrogens (tertiary/aromatic N) is 1. The Morgan fingerprint density at radius 2 is 2.17 bits per heavy atom. The summed E-state index contributed by atoms with van der Waals surface area (Å²) in [5.41, 5.74) is 1.47. The van der Waals surface area contributed by atoms with Gasteiger partial charge in [0.05, 0.1) is 12.5 Å². The summed E-state index contributed by atoms with van der Waals surface area (Å²) in [5.74, 6) is -1.21. The van der Waals surface area contributed by atoms with Gasteiger partial charge in [0, 0.05) is 18.7 Å². The Morgan fingerprint density at radius 3 is 2.87 bits per heavy atom. The highest BCUT2D eigenvalue weighted by molar-refractivity contribution is 6.43. The van der Waals surface area contributed by atoms with Gasteiger partial charge in [0.15, 0.2) is 0 Å². The average Bonchev–Trinajstić information content (AvgIpc) is 3.03. The summed E-state index contributed by atoms with van der Waals surface area (Å²) >= 11 is 0. The molecule has 0 radical (unpaired) electrons. The van der Waals surface area contributed by atoms with E-state index in [4.69, 9.17) is 0 Å². The van der Waals surface area contributed by atoms with Gasteiger partial charge in [0.2, 0.25) is 5.91 Å². The number of carbonyl (C=O) groups excluding carboxylic acids is 2. The van der Waals surface area contributed by atoms with E-state index >= 15 is 0 Å². The van der Waals surface area contributed by atoms with Gasteiger partial charge in [-0.25, -0.2) is 0 Å². The van der Waals surface area contributed by atoms with E-state index in [1.165, 1.54) is 4.90 Å². The zero-order chi connectivity index (χ0) is 16.8. The maximum atomic E-state index is 12.1. The number of likely N-dealkylation sites (tertiary alicyclic amines) is 1. The van der Waals surface area contributed by atoms with Crippen molar-refractivity contribution in [1.82, 2.24) is 15.5 Å². The van der Waals surface area contributed by atoms with Crippen LogP contribution < -0.4 is 10.6 Å². The van der Waals surface area contributed by atoms with E-state index in [1.807, 2.05) is 13.1 Å². The molecule has 1 aromatic rings. The molecule has 124 valence electrons. The van der Waals surface area contributed by atoms with Crippen molar-refractivity contribution in [2.75, 3.05) is 20.1 Å². The van der Waals surface area contributed by atoms with Crippen molar-refractivity contribution in [2.24, 2.45) is 0 Å². The third kappa shape index (κ3) is 4.54. The first-order chi connectivity index (χ1) is 11.0. The van der Waals surface area contributed by atoms with Gasteiger partial charge in [-0.1, -0.05) is 12.1 Å². The van der Waals surface area contributed by atoms with E-state index in [9.17, 15) is 19.6 Å².